The summed E-state index contributed by atoms with van der Waals surface area (Å²) in [4.78, 5) is 26.0. The summed E-state index contributed by atoms with van der Waals surface area (Å²) < 4.78 is 5.09. The van der Waals surface area contributed by atoms with Gasteiger partial charge >= 0.3 is 6.09 Å². The second kappa shape index (κ2) is 6.66. The standard InChI is InChI=1S/C14H17N3O3/c1-14(2,3)20-13(19)16-5-4-10-6-11(8-15)17-12(7-10)9-18/h6-7,9H,4-5H2,1-3H3,(H,16,19). The predicted molar refractivity (Wildman–Crippen MR) is 72.3 cm³/mol. The summed E-state index contributed by atoms with van der Waals surface area (Å²) in [7, 11) is 0. The Bertz CT molecular complexity index is 542. The van der Waals surface area contributed by atoms with Crippen LogP contribution in [0.4, 0.5) is 4.79 Å². The number of nitrogens with one attached hydrogen (secondary N) is 1. The van der Waals surface area contributed by atoms with Crippen molar-refractivity contribution in [3.05, 3.63) is 29.1 Å². The first-order valence-electron chi connectivity index (χ1n) is 6.17. The highest BCUT2D eigenvalue weighted by Crippen LogP contribution is 2.07. The fourth-order valence-electron chi connectivity index (χ4n) is 1.50. The SMILES string of the molecule is CC(C)(C)OC(=O)NCCc1cc(C#N)nc(C=O)c1. The molecule has 1 rings (SSSR count). The Hall–Kier alpha value is -2.42. The lowest BCUT2D eigenvalue weighted by Crippen LogP contribution is -2.33. The number of aldehydes is 1. The van der Waals surface area contributed by atoms with Gasteiger partial charge in [-0.25, -0.2) is 9.78 Å². The monoisotopic (exact) mass is 275 g/mol. The van der Waals surface area contributed by atoms with Gasteiger partial charge in [0, 0.05) is 6.54 Å². The molecule has 1 N–H and O–H groups in total. The maximum absolute atomic E-state index is 11.4. The van der Waals surface area contributed by atoms with Crippen LogP contribution in [0.1, 0.15) is 42.5 Å². The highest BCUT2D eigenvalue weighted by Gasteiger charge is 2.15. The number of aromatic nitrogens is 1. The molecule has 1 aromatic heterocycles. The van der Waals surface area contributed by atoms with E-state index in [1.54, 1.807) is 32.9 Å². The van der Waals surface area contributed by atoms with E-state index in [-0.39, 0.29) is 11.4 Å². The minimum Gasteiger partial charge on any atom is -0.444 e. The highest BCUT2D eigenvalue weighted by molar-refractivity contribution is 5.72. The molecule has 0 aromatic carbocycles. The molecular formula is C14H17N3O3. The molecule has 0 aliphatic heterocycles. The van der Waals surface area contributed by atoms with E-state index in [0.29, 0.717) is 19.3 Å². The van der Waals surface area contributed by atoms with Crippen molar-refractivity contribution >= 4 is 12.4 Å². The number of pyridine rings is 1. The molecule has 1 heterocycles. The Morgan fingerprint density at radius 2 is 2.20 bits per heavy atom. The van der Waals surface area contributed by atoms with E-state index in [2.05, 4.69) is 10.3 Å². The molecule has 6 nitrogen and oxygen atoms in total. The maximum Gasteiger partial charge on any atom is 0.407 e. The largest absolute Gasteiger partial charge is 0.444 e. The topological polar surface area (TPSA) is 92.1 Å². The number of amides is 1. The van der Waals surface area contributed by atoms with Gasteiger partial charge < -0.3 is 10.1 Å². The third-order valence-corrected chi connectivity index (χ3v) is 2.22. The summed E-state index contributed by atoms with van der Waals surface area (Å²) in [6, 6.07) is 5.07. The number of nitrogens with zero attached hydrogens (tertiary/aromatic N) is 2. The van der Waals surface area contributed by atoms with Crippen LogP contribution in [-0.4, -0.2) is 29.5 Å². The van der Waals surface area contributed by atoms with Crippen LogP contribution in [0.5, 0.6) is 0 Å². The van der Waals surface area contributed by atoms with Crippen LogP contribution >= 0.6 is 0 Å². The normalized spacial score (nSPS) is 10.5. The van der Waals surface area contributed by atoms with E-state index in [1.165, 1.54) is 0 Å². The highest BCUT2D eigenvalue weighted by atomic mass is 16.6. The quantitative estimate of drug-likeness (QED) is 0.846. The third-order valence-electron chi connectivity index (χ3n) is 2.22. The van der Waals surface area contributed by atoms with Crippen LogP contribution in [-0.2, 0) is 11.2 Å². The molecule has 20 heavy (non-hydrogen) atoms. The molecule has 0 atom stereocenters. The van der Waals surface area contributed by atoms with E-state index in [4.69, 9.17) is 10.00 Å². The molecular weight excluding hydrogens is 258 g/mol. The van der Waals surface area contributed by atoms with Gasteiger partial charge in [0.05, 0.1) is 0 Å². The number of nitriles is 1. The molecule has 0 aliphatic carbocycles. The molecule has 0 bridgehead atoms. The van der Waals surface area contributed by atoms with E-state index in [1.807, 2.05) is 6.07 Å². The number of alkyl carbamates (subject to hydrolysis) is 1. The van der Waals surface area contributed by atoms with Crippen LogP contribution in [0, 0.1) is 11.3 Å². The average Bonchev–Trinajstić information content (AvgIpc) is 2.36. The van der Waals surface area contributed by atoms with Gasteiger partial charge in [-0.15, -0.1) is 0 Å². The second-order valence-electron chi connectivity index (χ2n) is 5.19. The summed E-state index contributed by atoms with van der Waals surface area (Å²) >= 11 is 0. The number of rotatable bonds is 4. The molecule has 0 saturated heterocycles. The van der Waals surface area contributed by atoms with Crippen LogP contribution in [0.2, 0.25) is 0 Å². The van der Waals surface area contributed by atoms with Crippen molar-refractivity contribution in [1.82, 2.24) is 10.3 Å². The summed E-state index contributed by atoms with van der Waals surface area (Å²) in [6.07, 6.45) is 0.575. The summed E-state index contributed by atoms with van der Waals surface area (Å²) in [5.41, 5.74) is 0.604. The van der Waals surface area contributed by atoms with Crippen molar-refractivity contribution in [1.29, 1.82) is 5.26 Å². The Morgan fingerprint density at radius 1 is 1.50 bits per heavy atom. The van der Waals surface area contributed by atoms with Gasteiger partial charge in [0.2, 0.25) is 0 Å². The van der Waals surface area contributed by atoms with Gasteiger partial charge in [0.25, 0.3) is 0 Å². The lowest BCUT2D eigenvalue weighted by molar-refractivity contribution is 0.0528. The second-order valence-corrected chi connectivity index (χ2v) is 5.19. The smallest absolute Gasteiger partial charge is 0.407 e. The van der Waals surface area contributed by atoms with Gasteiger partial charge in [-0.1, -0.05) is 0 Å². The number of carbonyl (C=O) groups excluding carboxylic acids is 2. The summed E-state index contributed by atoms with van der Waals surface area (Å²) in [5.74, 6) is 0. The van der Waals surface area contributed by atoms with Crippen molar-refractivity contribution in [3.63, 3.8) is 0 Å². The molecule has 0 saturated carbocycles. The number of carbonyl (C=O) groups is 2. The van der Waals surface area contributed by atoms with Crippen LogP contribution < -0.4 is 5.32 Å². The number of ether oxygens (including phenoxy) is 1. The van der Waals surface area contributed by atoms with Gasteiger partial charge in [-0.2, -0.15) is 5.26 Å². The Labute approximate surface area is 117 Å². The van der Waals surface area contributed by atoms with E-state index in [9.17, 15) is 9.59 Å². The number of hydrogen-bond acceptors (Lipinski definition) is 5. The van der Waals surface area contributed by atoms with Gasteiger partial charge in [-0.3, -0.25) is 4.79 Å². The van der Waals surface area contributed by atoms with Crippen molar-refractivity contribution < 1.29 is 14.3 Å². The Balaban J connectivity index is 2.56. The van der Waals surface area contributed by atoms with Crippen molar-refractivity contribution in [2.24, 2.45) is 0 Å². The molecule has 106 valence electrons. The van der Waals surface area contributed by atoms with Gasteiger partial charge in [-0.05, 0) is 44.9 Å². The molecule has 0 aliphatic rings. The number of hydrogen-bond donors (Lipinski definition) is 1. The van der Waals surface area contributed by atoms with Crippen LogP contribution in [0.25, 0.3) is 0 Å². The average molecular weight is 275 g/mol. The van der Waals surface area contributed by atoms with E-state index >= 15 is 0 Å². The lowest BCUT2D eigenvalue weighted by atomic mass is 10.1. The first kappa shape index (κ1) is 15.6. The van der Waals surface area contributed by atoms with E-state index < -0.39 is 11.7 Å². The molecule has 6 heteroatoms. The zero-order valence-electron chi connectivity index (χ0n) is 11.8. The summed E-state index contributed by atoms with van der Waals surface area (Å²) in [6.45, 7) is 5.70. The molecule has 0 unspecified atom stereocenters. The molecule has 0 fully saturated rings. The molecule has 0 spiro atoms. The van der Waals surface area contributed by atoms with Crippen LogP contribution in [0.3, 0.4) is 0 Å². The van der Waals surface area contributed by atoms with E-state index in [0.717, 1.165) is 5.56 Å². The zero-order valence-corrected chi connectivity index (χ0v) is 11.8. The molecule has 1 aromatic rings. The minimum atomic E-state index is -0.542. The minimum absolute atomic E-state index is 0.182. The van der Waals surface area contributed by atoms with Crippen molar-refractivity contribution in [2.75, 3.05) is 6.54 Å². The third kappa shape index (κ3) is 5.48. The first-order valence-corrected chi connectivity index (χ1v) is 6.17. The maximum atomic E-state index is 11.4. The van der Waals surface area contributed by atoms with Gasteiger partial charge in [0.1, 0.15) is 23.1 Å². The van der Waals surface area contributed by atoms with Gasteiger partial charge in [0.15, 0.2) is 6.29 Å². The van der Waals surface area contributed by atoms with Crippen molar-refractivity contribution in [3.8, 4) is 6.07 Å². The molecule has 1 amide bonds. The fraction of sp³-hybridized carbons (Fsp3) is 0.429. The predicted octanol–water partition coefficient (Wildman–Crippen LogP) is 1.83. The Kier molecular flexibility index (Phi) is 5.21. The Morgan fingerprint density at radius 3 is 2.75 bits per heavy atom. The fourth-order valence-corrected chi connectivity index (χ4v) is 1.50. The summed E-state index contributed by atoms with van der Waals surface area (Å²) in [5, 5.41) is 11.4. The first-order chi connectivity index (χ1) is 9.34. The zero-order chi connectivity index (χ0) is 15.2. The van der Waals surface area contributed by atoms with Crippen molar-refractivity contribution in [2.45, 2.75) is 32.8 Å². The lowest BCUT2D eigenvalue weighted by Gasteiger charge is -2.19. The van der Waals surface area contributed by atoms with Crippen LogP contribution in [0.15, 0.2) is 12.1 Å². The molecule has 0 radical (unpaired) electrons.